The van der Waals surface area contributed by atoms with Crippen LogP contribution in [0.5, 0.6) is 5.75 Å². The van der Waals surface area contributed by atoms with E-state index < -0.39 is 6.61 Å². The number of nitrogens with one attached hydrogen (secondary N) is 1. The highest BCUT2D eigenvalue weighted by molar-refractivity contribution is 6.30. The molecule has 0 fully saturated rings. The molecule has 0 unspecified atom stereocenters. The van der Waals surface area contributed by atoms with Crippen molar-refractivity contribution in [2.75, 3.05) is 5.32 Å². The molecule has 0 amide bonds. The Morgan fingerprint density at radius 3 is 2.58 bits per heavy atom. The molecule has 31 heavy (non-hydrogen) atoms. The van der Waals surface area contributed by atoms with Crippen molar-refractivity contribution < 1.29 is 17.9 Å². The first kappa shape index (κ1) is 19.5. The number of aromatic nitrogens is 2. The van der Waals surface area contributed by atoms with Crippen molar-refractivity contribution >= 4 is 34.3 Å². The lowest BCUT2D eigenvalue weighted by atomic mass is 10.0. The number of hydrogen-bond acceptors (Lipinski definition) is 3. The Kier molecular flexibility index (Phi) is 4.82. The molecule has 4 nitrogen and oxygen atoms in total. The van der Waals surface area contributed by atoms with Crippen molar-refractivity contribution in [2.24, 2.45) is 0 Å². The van der Waals surface area contributed by atoms with E-state index in [1.807, 2.05) is 34.9 Å². The first-order valence-corrected chi connectivity index (χ1v) is 9.83. The van der Waals surface area contributed by atoms with Crippen LogP contribution < -0.4 is 10.1 Å². The average Bonchev–Trinajstić information content (AvgIpc) is 3.12. The van der Waals surface area contributed by atoms with Gasteiger partial charge in [-0.3, -0.25) is 4.57 Å². The zero-order chi connectivity index (χ0) is 21.5. The molecule has 0 saturated heterocycles. The van der Waals surface area contributed by atoms with Crippen LogP contribution in [0.1, 0.15) is 17.2 Å². The Morgan fingerprint density at radius 2 is 1.81 bits per heavy atom. The summed E-state index contributed by atoms with van der Waals surface area (Å²) >= 11 is 6.00. The zero-order valence-corrected chi connectivity index (χ0v) is 16.7. The van der Waals surface area contributed by atoms with E-state index in [0.717, 1.165) is 16.6 Å². The minimum absolute atomic E-state index is 0.0522. The first-order chi connectivity index (χ1) is 15.0. The van der Waals surface area contributed by atoms with Gasteiger partial charge in [-0.15, -0.1) is 0 Å². The number of nitrogens with zero attached hydrogens (tertiary/aromatic N) is 2. The fraction of sp³-hybridized carbons (Fsp3) is 0.0870. The highest BCUT2D eigenvalue weighted by atomic mass is 35.5. The van der Waals surface area contributed by atoms with Gasteiger partial charge < -0.3 is 10.1 Å². The van der Waals surface area contributed by atoms with Gasteiger partial charge in [0.25, 0.3) is 0 Å². The molecular weight excluding hydrogens is 427 g/mol. The predicted molar refractivity (Wildman–Crippen MR) is 114 cm³/mol. The molecule has 1 aliphatic heterocycles. The van der Waals surface area contributed by atoms with Crippen LogP contribution >= 0.6 is 11.6 Å². The molecule has 2 heterocycles. The van der Waals surface area contributed by atoms with Gasteiger partial charge in [-0.2, -0.15) is 8.78 Å². The molecule has 0 spiro atoms. The van der Waals surface area contributed by atoms with Crippen LogP contribution in [0.3, 0.4) is 0 Å². The summed E-state index contributed by atoms with van der Waals surface area (Å²) in [6.07, 6.45) is 1.87. The van der Waals surface area contributed by atoms with Gasteiger partial charge in [0.2, 0.25) is 5.95 Å². The summed E-state index contributed by atoms with van der Waals surface area (Å²) in [5, 5.41) is 3.49. The molecule has 1 atom stereocenters. The maximum Gasteiger partial charge on any atom is 0.387 e. The number of halogens is 4. The number of para-hydroxylation sites is 2. The summed E-state index contributed by atoms with van der Waals surface area (Å²) in [4.78, 5) is 4.65. The Morgan fingerprint density at radius 1 is 1.03 bits per heavy atom. The average molecular weight is 442 g/mol. The maximum absolute atomic E-state index is 13.5. The number of benzene rings is 3. The Balaban J connectivity index is 1.70. The zero-order valence-electron chi connectivity index (χ0n) is 15.9. The van der Waals surface area contributed by atoms with E-state index in [4.69, 9.17) is 16.3 Å². The summed E-state index contributed by atoms with van der Waals surface area (Å²) in [5.41, 5.74) is 3.41. The first-order valence-electron chi connectivity index (χ1n) is 9.45. The smallest absolute Gasteiger partial charge is 0.387 e. The topological polar surface area (TPSA) is 39.1 Å². The van der Waals surface area contributed by atoms with Crippen molar-refractivity contribution in [1.29, 1.82) is 0 Å². The minimum Gasteiger partial charge on any atom is -0.434 e. The lowest BCUT2D eigenvalue weighted by Gasteiger charge is -2.27. The van der Waals surface area contributed by atoms with Crippen LogP contribution in [0.15, 0.2) is 72.8 Å². The van der Waals surface area contributed by atoms with Crippen molar-refractivity contribution in [3.05, 3.63) is 94.8 Å². The number of hydrogen-bond donors (Lipinski definition) is 1. The Hall–Kier alpha value is -3.45. The van der Waals surface area contributed by atoms with Gasteiger partial charge in [0.1, 0.15) is 11.6 Å². The summed E-state index contributed by atoms with van der Waals surface area (Å²) in [7, 11) is 0. The van der Waals surface area contributed by atoms with Crippen LogP contribution in [-0.4, -0.2) is 16.2 Å². The molecule has 0 radical (unpaired) electrons. The fourth-order valence-corrected chi connectivity index (χ4v) is 3.95. The number of imidazole rings is 1. The Bertz CT molecular complexity index is 1300. The number of fused-ring (bicyclic) bond motifs is 3. The standard InChI is InChI=1S/C23H15ClF3N3O/c24-14-7-10-16(21(11-14)31-22(26)27)18-12-20(13-5-8-15(25)9-6-13)30-19-4-2-1-3-17(19)28-23(30)29-18/h1-12,20,22H,(H,28,29)/t20-/m0/s1. The second kappa shape index (κ2) is 7.67. The van der Waals surface area contributed by atoms with Crippen LogP contribution in [0, 0.1) is 5.82 Å². The molecule has 0 aliphatic carbocycles. The van der Waals surface area contributed by atoms with Crippen LogP contribution in [0.4, 0.5) is 19.1 Å². The number of allylic oxidation sites excluding steroid dienone is 1. The minimum atomic E-state index is -3.00. The van der Waals surface area contributed by atoms with Gasteiger partial charge in [0.15, 0.2) is 0 Å². The van der Waals surface area contributed by atoms with Gasteiger partial charge in [0, 0.05) is 10.6 Å². The number of alkyl halides is 2. The van der Waals surface area contributed by atoms with E-state index in [9.17, 15) is 13.2 Å². The van der Waals surface area contributed by atoms with Crippen LogP contribution in [0.2, 0.25) is 5.02 Å². The molecule has 0 saturated carbocycles. The molecule has 4 aromatic rings. The number of ether oxygens (including phenoxy) is 1. The van der Waals surface area contributed by atoms with Gasteiger partial charge in [0.05, 0.1) is 22.8 Å². The molecule has 0 bridgehead atoms. The molecule has 1 N–H and O–H groups in total. The predicted octanol–water partition coefficient (Wildman–Crippen LogP) is 6.49. The normalized spacial score (nSPS) is 15.5. The lowest BCUT2D eigenvalue weighted by molar-refractivity contribution is -0.0500. The molecule has 1 aromatic heterocycles. The van der Waals surface area contributed by atoms with Gasteiger partial charge in [-0.25, -0.2) is 9.37 Å². The molecule has 1 aliphatic rings. The molecular formula is C23H15ClF3N3O. The molecule has 3 aromatic carbocycles. The van der Waals surface area contributed by atoms with Gasteiger partial charge in [-0.1, -0.05) is 35.9 Å². The lowest BCUT2D eigenvalue weighted by Crippen LogP contribution is -2.19. The van der Waals surface area contributed by atoms with Crippen molar-refractivity contribution in [2.45, 2.75) is 12.7 Å². The monoisotopic (exact) mass is 441 g/mol. The van der Waals surface area contributed by atoms with Gasteiger partial charge >= 0.3 is 6.61 Å². The SMILES string of the molecule is Fc1ccc([C@@H]2C=C(c3ccc(Cl)cc3OC(F)F)Nc3nc4ccccc4n32)cc1. The van der Waals surface area contributed by atoms with E-state index in [0.29, 0.717) is 17.2 Å². The van der Waals surface area contributed by atoms with Gasteiger partial charge in [-0.05, 0) is 54.1 Å². The third-order valence-corrected chi connectivity index (χ3v) is 5.34. The second-order valence-corrected chi connectivity index (χ2v) is 7.45. The van der Waals surface area contributed by atoms with Crippen molar-refractivity contribution in [3.63, 3.8) is 0 Å². The Labute approximate surface area is 180 Å². The number of anilines is 1. The molecule has 156 valence electrons. The summed E-state index contributed by atoms with van der Waals surface area (Å²) in [6, 6.07) is 18.0. The van der Waals surface area contributed by atoms with E-state index in [1.165, 1.54) is 18.2 Å². The van der Waals surface area contributed by atoms with Crippen LogP contribution in [-0.2, 0) is 0 Å². The van der Waals surface area contributed by atoms with Crippen molar-refractivity contribution in [1.82, 2.24) is 9.55 Å². The van der Waals surface area contributed by atoms with E-state index in [2.05, 4.69) is 10.3 Å². The van der Waals surface area contributed by atoms with Crippen LogP contribution in [0.25, 0.3) is 16.7 Å². The van der Waals surface area contributed by atoms with Crippen molar-refractivity contribution in [3.8, 4) is 5.75 Å². The maximum atomic E-state index is 13.5. The summed E-state index contributed by atoms with van der Waals surface area (Å²) in [5.74, 6) is 0.137. The molecule has 8 heteroatoms. The number of rotatable bonds is 4. The third kappa shape index (κ3) is 3.61. The highest BCUT2D eigenvalue weighted by Gasteiger charge is 2.27. The quantitative estimate of drug-likeness (QED) is 0.393. The molecule has 5 rings (SSSR count). The van der Waals surface area contributed by atoms with E-state index >= 15 is 0 Å². The third-order valence-electron chi connectivity index (χ3n) is 5.11. The van der Waals surface area contributed by atoms with E-state index in [1.54, 1.807) is 24.3 Å². The summed E-state index contributed by atoms with van der Waals surface area (Å²) < 4.78 is 46.2. The largest absolute Gasteiger partial charge is 0.434 e. The highest BCUT2D eigenvalue weighted by Crippen LogP contribution is 2.39. The second-order valence-electron chi connectivity index (χ2n) is 7.01. The fourth-order valence-electron chi connectivity index (χ4n) is 3.78. The van der Waals surface area contributed by atoms with E-state index in [-0.39, 0.29) is 22.6 Å². The summed E-state index contributed by atoms with van der Waals surface area (Å²) in [6.45, 7) is -3.00.